The van der Waals surface area contributed by atoms with Gasteiger partial charge in [-0.25, -0.2) is 0 Å². The molecular formula is C27H26N4O. The molecule has 1 amide bonds. The summed E-state index contributed by atoms with van der Waals surface area (Å²) in [5, 5.41) is 13.9. The average Bonchev–Trinajstić information content (AvgIpc) is 3.14. The first kappa shape index (κ1) is 20.2. The van der Waals surface area contributed by atoms with E-state index in [1.165, 1.54) is 25.7 Å². The van der Waals surface area contributed by atoms with E-state index >= 15 is 0 Å². The van der Waals surface area contributed by atoms with E-state index in [2.05, 4.69) is 26.5 Å². The van der Waals surface area contributed by atoms with Crippen LogP contribution in [-0.4, -0.2) is 29.2 Å². The molecular weight excluding hydrogens is 396 g/mol. The van der Waals surface area contributed by atoms with E-state index < -0.39 is 0 Å². The lowest BCUT2D eigenvalue weighted by molar-refractivity contribution is 0.102. The SMILES string of the molecule is O=C(Nc1ccc(-c2ccc(N3CCCCCC3)nn2)cc1)c1cccc2ccccc12. The summed E-state index contributed by atoms with van der Waals surface area (Å²) in [6.07, 6.45) is 5.03. The highest BCUT2D eigenvalue weighted by molar-refractivity contribution is 6.12. The Hall–Kier alpha value is -3.73. The third kappa shape index (κ3) is 4.33. The van der Waals surface area contributed by atoms with Crippen LogP contribution in [0.1, 0.15) is 36.0 Å². The third-order valence-corrected chi connectivity index (χ3v) is 6.05. The highest BCUT2D eigenvalue weighted by Gasteiger charge is 2.13. The van der Waals surface area contributed by atoms with Gasteiger partial charge in [0.05, 0.1) is 5.69 Å². The number of amides is 1. The number of hydrogen-bond acceptors (Lipinski definition) is 4. The molecule has 0 spiro atoms. The molecule has 1 aromatic heterocycles. The molecule has 4 aromatic rings. The number of carbonyl (C=O) groups is 1. The lowest BCUT2D eigenvalue weighted by Gasteiger charge is -2.20. The van der Waals surface area contributed by atoms with E-state index in [1.807, 2.05) is 72.8 Å². The van der Waals surface area contributed by atoms with E-state index in [0.717, 1.165) is 46.6 Å². The molecule has 32 heavy (non-hydrogen) atoms. The summed E-state index contributed by atoms with van der Waals surface area (Å²) in [7, 11) is 0. The molecule has 1 aliphatic heterocycles. The van der Waals surface area contributed by atoms with Gasteiger partial charge in [0.2, 0.25) is 0 Å². The molecule has 5 rings (SSSR count). The zero-order valence-corrected chi connectivity index (χ0v) is 18.0. The second-order valence-electron chi connectivity index (χ2n) is 8.24. The fraction of sp³-hybridized carbons (Fsp3) is 0.222. The zero-order valence-electron chi connectivity index (χ0n) is 18.0. The van der Waals surface area contributed by atoms with E-state index in [4.69, 9.17) is 0 Å². The number of benzene rings is 3. The molecule has 2 heterocycles. The summed E-state index contributed by atoms with van der Waals surface area (Å²) in [5.41, 5.74) is 3.22. The molecule has 0 radical (unpaired) electrons. The molecule has 5 nitrogen and oxygen atoms in total. The molecule has 1 saturated heterocycles. The van der Waals surface area contributed by atoms with Crippen molar-refractivity contribution in [1.82, 2.24) is 10.2 Å². The van der Waals surface area contributed by atoms with Crippen molar-refractivity contribution in [3.8, 4) is 11.3 Å². The van der Waals surface area contributed by atoms with E-state index in [-0.39, 0.29) is 5.91 Å². The standard InChI is InChI=1S/C27H26N4O/c32-27(24-11-7-9-20-8-3-4-10-23(20)24)28-22-14-12-21(13-15-22)25-16-17-26(30-29-25)31-18-5-1-2-6-19-31/h3-4,7-17H,1-2,5-6,18-19H2,(H,28,32). The summed E-state index contributed by atoms with van der Waals surface area (Å²) in [6, 6.07) is 25.5. The van der Waals surface area contributed by atoms with Crippen LogP contribution >= 0.6 is 0 Å². The van der Waals surface area contributed by atoms with Crippen LogP contribution in [0.2, 0.25) is 0 Å². The van der Waals surface area contributed by atoms with Gasteiger partial charge in [-0.2, -0.15) is 0 Å². The van der Waals surface area contributed by atoms with Gasteiger partial charge in [-0.1, -0.05) is 61.4 Å². The largest absolute Gasteiger partial charge is 0.355 e. The monoisotopic (exact) mass is 422 g/mol. The molecule has 1 N–H and O–H groups in total. The van der Waals surface area contributed by atoms with Crippen LogP contribution in [0.3, 0.4) is 0 Å². The van der Waals surface area contributed by atoms with E-state index in [1.54, 1.807) is 0 Å². The maximum atomic E-state index is 12.9. The highest BCUT2D eigenvalue weighted by atomic mass is 16.1. The summed E-state index contributed by atoms with van der Waals surface area (Å²) in [4.78, 5) is 15.2. The molecule has 0 aliphatic carbocycles. The number of hydrogen-bond donors (Lipinski definition) is 1. The quantitative estimate of drug-likeness (QED) is 0.443. The van der Waals surface area contributed by atoms with Gasteiger partial charge in [-0.05, 0) is 53.9 Å². The molecule has 1 fully saturated rings. The van der Waals surface area contributed by atoms with E-state index in [9.17, 15) is 4.79 Å². The van der Waals surface area contributed by atoms with Crippen molar-refractivity contribution in [2.75, 3.05) is 23.3 Å². The first-order valence-corrected chi connectivity index (χ1v) is 11.3. The predicted molar refractivity (Wildman–Crippen MR) is 130 cm³/mol. The van der Waals surface area contributed by atoms with Crippen molar-refractivity contribution in [3.63, 3.8) is 0 Å². The molecule has 0 unspecified atom stereocenters. The van der Waals surface area contributed by atoms with Crippen LogP contribution in [0, 0.1) is 0 Å². The maximum Gasteiger partial charge on any atom is 0.256 e. The molecule has 5 heteroatoms. The van der Waals surface area contributed by atoms with Crippen molar-refractivity contribution in [1.29, 1.82) is 0 Å². The van der Waals surface area contributed by atoms with Gasteiger partial charge in [0.15, 0.2) is 5.82 Å². The average molecular weight is 423 g/mol. The number of nitrogens with one attached hydrogen (secondary N) is 1. The molecule has 0 atom stereocenters. The van der Waals surface area contributed by atoms with Crippen LogP contribution in [0.4, 0.5) is 11.5 Å². The second kappa shape index (κ2) is 9.18. The summed E-state index contributed by atoms with van der Waals surface area (Å²) in [5.74, 6) is 0.839. The molecule has 1 aliphatic rings. The first-order chi connectivity index (χ1) is 15.8. The molecule has 0 bridgehead atoms. The summed E-state index contributed by atoms with van der Waals surface area (Å²) in [6.45, 7) is 2.11. The Morgan fingerprint density at radius 1 is 0.750 bits per heavy atom. The second-order valence-corrected chi connectivity index (χ2v) is 8.24. The molecule has 160 valence electrons. The predicted octanol–water partition coefficient (Wildman–Crippen LogP) is 5.93. The molecule has 3 aromatic carbocycles. The highest BCUT2D eigenvalue weighted by Crippen LogP contribution is 2.24. The number of nitrogens with zero attached hydrogens (tertiary/aromatic N) is 3. The van der Waals surface area contributed by atoms with Gasteiger partial charge < -0.3 is 10.2 Å². The Labute approximate surface area is 188 Å². The number of aromatic nitrogens is 2. The van der Waals surface area contributed by atoms with Crippen molar-refractivity contribution in [2.24, 2.45) is 0 Å². The van der Waals surface area contributed by atoms with Gasteiger partial charge in [0.1, 0.15) is 0 Å². The van der Waals surface area contributed by atoms with Crippen molar-refractivity contribution in [2.45, 2.75) is 25.7 Å². The zero-order chi connectivity index (χ0) is 21.8. The summed E-state index contributed by atoms with van der Waals surface area (Å²) >= 11 is 0. The van der Waals surface area contributed by atoms with Gasteiger partial charge in [-0.15, -0.1) is 10.2 Å². The minimum Gasteiger partial charge on any atom is -0.355 e. The number of fused-ring (bicyclic) bond motifs is 1. The first-order valence-electron chi connectivity index (χ1n) is 11.3. The van der Waals surface area contributed by atoms with Gasteiger partial charge >= 0.3 is 0 Å². The Kier molecular flexibility index (Phi) is 5.79. The van der Waals surface area contributed by atoms with Crippen molar-refractivity contribution < 1.29 is 4.79 Å². The van der Waals surface area contributed by atoms with Crippen LogP contribution in [-0.2, 0) is 0 Å². The van der Waals surface area contributed by atoms with Crippen LogP contribution < -0.4 is 10.2 Å². The summed E-state index contributed by atoms with van der Waals surface area (Å²) < 4.78 is 0. The van der Waals surface area contributed by atoms with Gasteiger partial charge in [0, 0.05) is 29.9 Å². The number of anilines is 2. The van der Waals surface area contributed by atoms with Crippen molar-refractivity contribution in [3.05, 3.63) is 84.4 Å². The Bertz CT molecular complexity index is 1210. The minimum atomic E-state index is -0.115. The van der Waals surface area contributed by atoms with Crippen molar-refractivity contribution >= 4 is 28.2 Å². The third-order valence-electron chi connectivity index (χ3n) is 6.05. The lowest BCUT2D eigenvalue weighted by Crippen LogP contribution is -2.25. The fourth-order valence-corrected chi connectivity index (χ4v) is 4.29. The minimum absolute atomic E-state index is 0.115. The molecule has 0 saturated carbocycles. The van der Waals surface area contributed by atoms with Crippen LogP contribution in [0.5, 0.6) is 0 Å². The Morgan fingerprint density at radius 3 is 2.25 bits per heavy atom. The smallest absolute Gasteiger partial charge is 0.256 e. The van der Waals surface area contributed by atoms with Gasteiger partial charge in [0.25, 0.3) is 5.91 Å². The van der Waals surface area contributed by atoms with Crippen LogP contribution in [0.15, 0.2) is 78.9 Å². The maximum absolute atomic E-state index is 12.9. The van der Waals surface area contributed by atoms with Gasteiger partial charge in [-0.3, -0.25) is 4.79 Å². The Balaban J connectivity index is 1.29. The van der Waals surface area contributed by atoms with E-state index in [0.29, 0.717) is 5.56 Å². The van der Waals surface area contributed by atoms with Crippen LogP contribution in [0.25, 0.3) is 22.0 Å². The fourth-order valence-electron chi connectivity index (χ4n) is 4.29. The number of carbonyl (C=O) groups excluding carboxylic acids is 1. The Morgan fingerprint density at radius 2 is 1.50 bits per heavy atom. The normalized spacial score (nSPS) is 14.2. The number of rotatable bonds is 4. The topological polar surface area (TPSA) is 58.1 Å². The lowest BCUT2D eigenvalue weighted by atomic mass is 10.0.